The lowest BCUT2D eigenvalue weighted by molar-refractivity contribution is -0.133. The number of rotatable bonds is 6. The number of aliphatic imine (C=N–C) groups is 1. The summed E-state index contributed by atoms with van der Waals surface area (Å²) in [5.41, 5.74) is 8.64. The van der Waals surface area contributed by atoms with Crippen LogP contribution in [0.3, 0.4) is 0 Å². The van der Waals surface area contributed by atoms with Crippen molar-refractivity contribution in [3.63, 3.8) is 0 Å². The average molecular weight is 401 g/mol. The Kier molecular flexibility index (Phi) is 6.05. The molecular weight excluding hydrogens is 360 g/mol. The molecule has 0 bridgehead atoms. The van der Waals surface area contributed by atoms with E-state index in [0.717, 1.165) is 58.1 Å². The van der Waals surface area contributed by atoms with E-state index < -0.39 is 0 Å². The number of allylic oxidation sites excluding steroid dienone is 1. The summed E-state index contributed by atoms with van der Waals surface area (Å²) in [5, 5.41) is 0. The van der Waals surface area contributed by atoms with Gasteiger partial charge in [0.15, 0.2) is 0 Å². The molecule has 6 unspecified atom stereocenters. The van der Waals surface area contributed by atoms with Gasteiger partial charge in [-0.15, -0.1) is 0 Å². The minimum Gasteiger partial charge on any atom is -0.380 e. The van der Waals surface area contributed by atoms with Crippen molar-refractivity contribution in [2.45, 2.75) is 71.6 Å². The number of hydrogen-bond acceptors (Lipinski definition) is 4. The predicted octanol–water partition coefficient (Wildman–Crippen LogP) is 4.57. The van der Waals surface area contributed by atoms with Crippen LogP contribution < -0.4 is 5.73 Å². The van der Waals surface area contributed by atoms with Gasteiger partial charge in [-0.05, 0) is 80.5 Å². The molecule has 2 N–H and O–H groups in total. The predicted molar refractivity (Wildman–Crippen MR) is 118 cm³/mol. The molecule has 0 aromatic carbocycles. The highest BCUT2D eigenvalue weighted by atomic mass is 16.5. The monoisotopic (exact) mass is 400 g/mol. The third-order valence-corrected chi connectivity index (χ3v) is 9.22. The Hall–Kier alpha value is -1.00. The molecule has 0 amide bonds. The topological polar surface area (TPSA) is 64.7 Å². The lowest BCUT2D eigenvalue weighted by Crippen LogP contribution is -2.54. The summed E-state index contributed by atoms with van der Waals surface area (Å²) in [6, 6.07) is 0. The van der Waals surface area contributed by atoms with Crippen LogP contribution >= 0.6 is 0 Å². The molecule has 4 heteroatoms. The van der Waals surface area contributed by atoms with Crippen LogP contribution in [0.25, 0.3) is 0 Å². The van der Waals surface area contributed by atoms with Gasteiger partial charge in [0.1, 0.15) is 5.78 Å². The van der Waals surface area contributed by atoms with Gasteiger partial charge in [-0.1, -0.05) is 26.0 Å². The molecule has 162 valence electrons. The molecule has 6 atom stereocenters. The molecule has 0 aromatic rings. The van der Waals surface area contributed by atoms with Crippen molar-refractivity contribution in [3.8, 4) is 0 Å². The van der Waals surface area contributed by atoms with Gasteiger partial charge in [-0.3, -0.25) is 9.79 Å². The summed E-state index contributed by atoms with van der Waals surface area (Å²) in [4.78, 5) is 17.6. The summed E-state index contributed by atoms with van der Waals surface area (Å²) in [6.45, 7) is 12.3. The minimum absolute atomic E-state index is 0.0689. The standard InChI is InChI=1S/C25H40N2O2/c1-17-15-18-16-19(27-12-4-13-29-14-11-26)7-9-24(18,2)21-8-10-25(3)20(23(17)21)5-6-22(25)28/h18,20-21,23H,1,4-16,26H2,2-3H3. The van der Waals surface area contributed by atoms with E-state index in [1.165, 1.54) is 24.1 Å². The Morgan fingerprint density at radius 1 is 1.14 bits per heavy atom. The molecule has 4 aliphatic carbocycles. The molecule has 0 spiro atoms. The fourth-order valence-corrected chi connectivity index (χ4v) is 7.44. The van der Waals surface area contributed by atoms with Gasteiger partial charge in [0.05, 0.1) is 6.61 Å². The van der Waals surface area contributed by atoms with Gasteiger partial charge in [0, 0.05) is 37.2 Å². The van der Waals surface area contributed by atoms with E-state index in [2.05, 4.69) is 20.4 Å². The highest BCUT2D eigenvalue weighted by Crippen LogP contribution is 2.66. The number of Topliss-reactive ketones (excluding diaryl/α,β-unsaturated/α-hetero) is 1. The first kappa shape index (κ1) is 21.2. The van der Waals surface area contributed by atoms with Gasteiger partial charge < -0.3 is 10.5 Å². The smallest absolute Gasteiger partial charge is 0.139 e. The van der Waals surface area contributed by atoms with Crippen molar-refractivity contribution >= 4 is 11.5 Å². The number of carbonyl (C=O) groups excluding carboxylic acids is 1. The molecule has 0 saturated heterocycles. The molecule has 0 aliphatic heterocycles. The summed E-state index contributed by atoms with van der Waals surface area (Å²) in [7, 11) is 0. The maximum absolute atomic E-state index is 12.6. The fourth-order valence-electron chi connectivity index (χ4n) is 7.44. The summed E-state index contributed by atoms with van der Waals surface area (Å²) >= 11 is 0. The van der Waals surface area contributed by atoms with Gasteiger partial charge in [-0.2, -0.15) is 0 Å². The second-order valence-corrected chi connectivity index (χ2v) is 10.6. The third kappa shape index (κ3) is 3.65. The largest absolute Gasteiger partial charge is 0.380 e. The van der Waals surface area contributed by atoms with Crippen molar-refractivity contribution in [1.29, 1.82) is 0 Å². The van der Waals surface area contributed by atoms with E-state index in [1.54, 1.807) is 0 Å². The van der Waals surface area contributed by atoms with E-state index in [4.69, 9.17) is 15.5 Å². The average Bonchev–Trinajstić information content (AvgIpc) is 3.00. The Balaban J connectivity index is 1.43. The molecule has 0 heterocycles. The van der Waals surface area contributed by atoms with Crippen LogP contribution in [0.15, 0.2) is 17.1 Å². The second kappa shape index (κ2) is 8.26. The van der Waals surface area contributed by atoms with Crippen LogP contribution in [0.4, 0.5) is 0 Å². The summed E-state index contributed by atoms with van der Waals surface area (Å²) in [5.74, 6) is 3.03. The van der Waals surface area contributed by atoms with Crippen LogP contribution in [0.2, 0.25) is 0 Å². The van der Waals surface area contributed by atoms with Crippen molar-refractivity contribution in [2.24, 2.45) is 45.2 Å². The Bertz CT molecular complexity index is 686. The molecular formula is C25H40N2O2. The zero-order chi connectivity index (χ0) is 20.6. The first-order valence-electron chi connectivity index (χ1n) is 11.9. The fraction of sp³-hybridized carbons (Fsp3) is 0.840. The van der Waals surface area contributed by atoms with Crippen molar-refractivity contribution in [1.82, 2.24) is 0 Å². The highest BCUT2D eigenvalue weighted by molar-refractivity contribution is 5.87. The number of nitrogens with two attached hydrogens (primary N) is 1. The van der Waals surface area contributed by atoms with Gasteiger partial charge in [0.25, 0.3) is 0 Å². The third-order valence-electron chi connectivity index (χ3n) is 9.22. The first-order valence-corrected chi connectivity index (χ1v) is 11.9. The molecule has 4 rings (SSSR count). The number of nitrogens with zero attached hydrogens (tertiary/aromatic N) is 1. The molecule has 0 aromatic heterocycles. The maximum atomic E-state index is 12.6. The molecule has 4 aliphatic rings. The zero-order valence-corrected chi connectivity index (χ0v) is 18.5. The van der Waals surface area contributed by atoms with Crippen LogP contribution in [-0.4, -0.2) is 37.8 Å². The van der Waals surface area contributed by atoms with E-state index in [0.29, 0.717) is 48.0 Å². The minimum atomic E-state index is -0.0689. The number of ether oxygens (including phenoxy) is 1. The number of carbonyl (C=O) groups is 1. The van der Waals surface area contributed by atoms with Crippen LogP contribution in [-0.2, 0) is 9.53 Å². The SMILES string of the molecule is C=C1CC2CC(=NCCCOCCN)CCC2(C)C2CCC3(C)C(=O)CCC3C12. The zero-order valence-electron chi connectivity index (χ0n) is 18.5. The Morgan fingerprint density at radius 2 is 1.97 bits per heavy atom. The molecule has 4 nitrogen and oxygen atoms in total. The summed E-state index contributed by atoms with van der Waals surface area (Å²) in [6.07, 6.45) is 9.85. The summed E-state index contributed by atoms with van der Waals surface area (Å²) < 4.78 is 5.47. The molecule has 4 fully saturated rings. The van der Waals surface area contributed by atoms with E-state index in [1.807, 2.05) is 0 Å². The van der Waals surface area contributed by atoms with Crippen LogP contribution in [0.5, 0.6) is 0 Å². The van der Waals surface area contributed by atoms with Crippen molar-refractivity contribution < 1.29 is 9.53 Å². The van der Waals surface area contributed by atoms with Crippen LogP contribution in [0.1, 0.15) is 71.6 Å². The van der Waals surface area contributed by atoms with Crippen LogP contribution in [0, 0.1) is 34.5 Å². The lowest BCUT2D eigenvalue weighted by atomic mass is 9.44. The molecule has 0 radical (unpaired) electrons. The van der Waals surface area contributed by atoms with Crippen molar-refractivity contribution in [3.05, 3.63) is 12.2 Å². The number of hydrogen-bond donors (Lipinski definition) is 1. The van der Waals surface area contributed by atoms with Crippen molar-refractivity contribution in [2.75, 3.05) is 26.3 Å². The van der Waals surface area contributed by atoms with E-state index in [-0.39, 0.29) is 5.41 Å². The van der Waals surface area contributed by atoms with Gasteiger partial charge >= 0.3 is 0 Å². The molecule has 29 heavy (non-hydrogen) atoms. The van der Waals surface area contributed by atoms with Gasteiger partial charge in [0.2, 0.25) is 0 Å². The second-order valence-electron chi connectivity index (χ2n) is 10.6. The first-order chi connectivity index (χ1) is 13.9. The van der Waals surface area contributed by atoms with E-state index in [9.17, 15) is 4.79 Å². The maximum Gasteiger partial charge on any atom is 0.139 e. The number of ketones is 1. The van der Waals surface area contributed by atoms with E-state index >= 15 is 0 Å². The Morgan fingerprint density at radius 3 is 2.76 bits per heavy atom. The lowest BCUT2D eigenvalue weighted by Gasteiger charge is -2.60. The number of fused-ring (bicyclic) bond motifs is 5. The normalized spacial score (nSPS) is 43.2. The quantitative estimate of drug-likeness (QED) is 0.525. The van der Waals surface area contributed by atoms with Gasteiger partial charge in [-0.25, -0.2) is 0 Å². The molecule has 4 saturated carbocycles. The highest BCUT2D eigenvalue weighted by Gasteiger charge is 2.60. The Labute approximate surface area is 176 Å².